The van der Waals surface area contributed by atoms with E-state index in [1.165, 1.54) is 51.8 Å². The van der Waals surface area contributed by atoms with Crippen molar-refractivity contribution in [3.05, 3.63) is 132 Å². The van der Waals surface area contributed by atoms with Crippen molar-refractivity contribution in [3.8, 4) is 0 Å². The molecule has 7 rings (SSSR count). The van der Waals surface area contributed by atoms with Gasteiger partial charge < -0.3 is 14.2 Å². The molecule has 4 heterocycles. The zero-order valence-corrected chi connectivity index (χ0v) is 58.6. The maximum atomic E-state index is 15.4. The Hall–Kier alpha value is -2.89. The number of ether oxygens (including phenoxy) is 9. The van der Waals surface area contributed by atoms with Crippen molar-refractivity contribution in [2.24, 2.45) is 17.8 Å². The molecule has 4 saturated heterocycles. The van der Waals surface area contributed by atoms with Gasteiger partial charge in [0.05, 0.1) is 25.9 Å². The molecule has 0 amide bonds. The average Bonchev–Trinajstić information content (AvgIpc) is 2.54. The van der Waals surface area contributed by atoms with Crippen molar-refractivity contribution in [2.75, 3.05) is 13.2 Å². The van der Waals surface area contributed by atoms with Crippen LogP contribution in [0.3, 0.4) is 0 Å². The van der Waals surface area contributed by atoms with Crippen molar-refractivity contribution >= 4 is 32.7 Å². The van der Waals surface area contributed by atoms with Crippen LogP contribution in [0.15, 0.2) is 115 Å². The Morgan fingerprint density at radius 1 is 0.776 bits per heavy atom. The molecule has 14 atom stereocenters. The van der Waals surface area contributed by atoms with E-state index in [1.54, 1.807) is 0 Å². The van der Waals surface area contributed by atoms with E-state index in [0.29, 0.717) is 52.3 Å². The standard InChI is InChI=1S/C60H85O11Si.3C4H9.Sn/c1-13-32-63-54-43(5)56(71-72(11,12)58(7,8)9)57-55(42(4)44(6)60(70-57)31-23-33-66-60)68-50(54)37-53(61)67-48-36-52(65-40-47-28-21-16-22-29-47)59(10,69-49(48)35-41(2)3)51(64-39-46-26-19-15-20-27-46)30-34-62-38-45-24-17-14-18-25-45;3*1-3-4-2;/h13-22,24-29,32,42-44,48-52,54-57H,1-2,23,30-31,33-40H2,3-12H3;3*1,3-4H2,2H3;/b32-13-;;;;/t42-,43+,44-,48-,49+,50-,51+,52+,54+,55+,56-,57+,59-,60+;;;;/m0..../s1. The number of carbonyl (C=O) groups excluding carboxylic acids is 1. The van der Waals surface area contributed by atoms with Gasteiger partial charge >= 0.3 is 330 Å². The summed E-state index contributed by atoms with van der Waals surface area (Å²) in [7, 11) is -2.44. The van der Waals surface area contributed by atoms with Crippen LogP contribution >= 0.6 is 0 Å². The van der Waals surface area contributed by atoms with Crippen molar-refractivity contribution in [1.82, 2.24) is 0 Å². The summed E-state index contributed by atoms with van der Waals surface area (Å²) >= 11 is -2.59. The number of hydrogen-bond donors (Lipinski definition) is 0. The molecule has 85 heavy (non-hydrogen) atoms. The summed E-state index contributed by atoms with van der Waals surface area (Å²) < 4.78 is 76.6. The van der Waals surface area contributed by atoms with E-state index in [-0.39, 0.29) is 35.2 Å². The summed E-state index contributed by atoms with van der Waals surface area (Å²) in [5, 5.41) is -0.0823. The minimum atomic E-state index is -2.59. The fraction of sp³-hybridized carbons (Fsp3) is 0.681. The number of esters is 1. The normalized spacial score (nSPS) is 29.6. The van der Waals surface area contributed by atoms with E-state index in [2.05, 4.69) is 131 Å². The van der Waals surface area contributed by atoms with Gasteiger partial charge in [0.2, 0.25) is 0 Å². The molecular formula is C72H112O11SiSn. The van der Waals surface area contributed by atoms with Crippen LogP contribution in [-0.2, 0) is 71.7 Å². The van der Waals surface area contributed by atoms with E-state index in [9.17, 15) is 0 Å². The van der Waals surface area contributed by atoms with Gasteiger partial charge in [-0.05, 0) is 37.0 Å². The van der Waals surface area contributed by atoms with Crippen LogP contribution < -0.4 is 0 Å². The fourth-order valence-electron chi connectivity index (χ4n) is 13.5. The minimum absolute atomic E-state index is 0.0143. The first kappa shape index (κ1) is 69.6. The van der Waals surface area contributed by atoms with Crippen LogP contribution in [0.4, 0.5) is 0 Å². The van der Waals surface area contributed by atoms with Gasteiger partial charge in [0.25, 0.3) is 0 Å². The third-order valence-electron chi connectivity index (χ3n) is 20.0. The van der Waals surface area contributed by atoms with Crippen LogP contribution in [0.2, 0.25) is 35.9 Å². The molecule has 11 nitrogen and oxygen atoms in total. The molecule has 474 valence electrons. The van der Waals surface area contributed by atoms with E-state index in [1.807, 2.05) is 67.8 Å². The Kier molecular flexibility index (Phi) is 26.8. The molecule has 0 radical (unpaired) electrons. The van der Waals surface area contributed by atoms with Gasteiger partial charge in [0.1, 0.15) is 5.60 Å². The second kappa shape index (κ2) is 32.7. The van der Waals surface area contributed by atoms with Gasteiger partial charge in [-0.15, -0.1) is 6.58 Å². The topological polar surface area (TPSA) is 109 Å². The number of fused-ring (bicyclic) bond motifs is 1. The van der Waals surface area contributed by atoms with Crippen molar-refractivity contribution in [1.29, 1.82) is 0 Å². The van der Waals surface area contributed by atoms with E-state index >= 15 is 4.79 Å². The van der Waals surface area contributed by atoms with Gasteiger partial charge in [-0.25, -0.2) is 0 Å². The molecular weight excluding hydrogens is 1190 g/mol. The molecule has 0 aromatic heterocycles. The molecule has 3 aromatic carbocycles. The van der Waals surface area contributed by atoms with Crippen LogP contribution in [0.1, 0.15) is 170 Å². The molecule has 4 fully saturated rings. The Morgan fingerprint density at radius 2 is 1.36 bits per heavy atom. The number of allylic oxidation sites excluding steroid dienone is 1. The number of unbranched alkanes of at least 4 members (excludes halogenated alkanes) is 3. The molecule has 0 saturated carbocycles. The summed E-state index contributed by atoms with van der Waals surface area (Å²) in [4.78, 5) is 15.4. The number of benzene rings is 3. The summed E-state index contributed by atoms with van der Waals surface area (Å²) in [6.07, 6.45) is 10.3. The molecule has 0 unspecified atom stereocenters. The predicted molar refractivity (Wildman–Crippen MR) is 347 cm³/mol. The van der Waals surface area contributed by atoms with Gasteiger partial charge in [-0.1, -0.05) is 96.6 Å². The SMILES string of the molecule is C=C(C)C[C@H]1O[C@@](C)([C@@H](CCOCc2ccccc2)OCc2ccccc2)[C@H](OCc2ccccc2)C[C@@H]1OC(=O)C[C@@H]1O[C@@H]2[C@@H](C)[C@H](C)[C@@]3(CCCO3)O[C@H]2[C@@H](O[Si](C)(C)C(C)(C)C)[C@H](C)[C@H]1O/C=C\[CH2][Sn]([CH2]CCC)([CH2]CCC)[CH2]CCC. The number of hydrogen-bond acceptors (Lipinski definition) is 11. The Labute approximate surface area is 519 Å². The summed E-state index contributed by atoms with van der Waals surface area (Å²) in [5.41, 5.74) is 3.11. The maximum absolute atomic E-state index is 15.4. The molecule has 3 aromatic rings. The second-order valence-electron chi connectivity index (χ2n) is 27.7. The number of carbonyl (C=O) groups is 1. The van der Waals surface area contributed by atoms with Crippen LogP contribution in [0.5, 0.6) is 0 Å². The third kappa shape index (κ3) is 18.8. The molecule has 0 bridgehead atoms. The Morgan fingerprint density at radius 3 is 1.92 bits per heavy atom. The summed E-state index contributed by atoms with van der Waals surface area (Å²) in [5.74, 6) is -1.32. The quantitative estimate of drug-likeness (QED) is 0.0196. The molecule has 0 N–H and O–H groups in total. The fourth-order valence-corrected chi connectivity index (χ4v) is 30.0. The van der Waals surface area contributed by atoms with E-state index < -0.39 is 93.0 Å². The predicted octanol–water partition coefficient (Wildman–Crippen LogP) is 17.3. The van der Waals surface area contributed by atoms with Crippen molar-refractivity contribution in [2.45, 2.75) is 275 Å². The third-order valence-corrected chi connectivity index (χ3v) is 39.7. The Bertz CT molecular complexity index is 2440. The first-order valence-corrected chi connectivity index (χ1v) is 44.0. The molecule has 1 spiro atoms. The molecule has 4 aliphatic heterocycles. The molecule has 13 heteroatoms. The average molecular weight is 1300 g/mol. The summed E-state index contributed by atoms with van der Waals surface area (Å²) in [6, 6.07) is 30.7. The Balaban J connectivity index is 1.23. The summed E-state index contributed by atoms with van der Waals surface area (Å²) in [6.45, 7) is 36.0. The van der Waals surface area contributed by atoms with Gasteiger partial charge in [0.15, 0.2) is 0 Å². The first-order valence-electron chi connectivity index (χ1n) is 33.1. The van der Waals surface area contributed by atoms with Gasteiger partial charge in [-0.2, -0.15) is 0 Å². The van der Waals surface area contributed by atoms with Crippen molar-refractivity contribution < 1.29 is 51.9 Å². The van der Waals surface area contributed by atoms with E-state index in [0.717, 1.165) is 39.5 Å². The monoisotopic (exact) mass is 1300 g/mol. The zero-order valence-electron chi connectivity index (χ0n) is 54.8. The molecule has 0 aliphatic carbocycles. The van der Waals surface area contributed by atoms with Crippen LogP contribution in [0.25, 0.3) is 0 Å². The zero-order chi connectivity index (χ0) is 61.3. The van der Waals surface area contributed by atoms with Gasteiger partial charge in [-0.3, -0.25) is 0 Å². The second-order valence-corrected chi connectivity index (χ2v) is 46.5. The number of rotatable bonds is 32. The van der Waals surface area contributed by atoms with E-state index in [4.69, 9.17) is 47.1 Å². The first-order chi connectivity index (χ1) is 40.7. The van der Waals surface area contributed by atoms with Crippen molar-refractivity contribution in [3.63, 3.8) is 0 Å². The molecule has 4 aliphatic rings. The van der Waals surface area contributed by atoms with Gasteiger partial charge in [0, 0.05) is 6.61 Å². The van der Waals surface area contributed by atoms with Crippen LogP contribution in [-0.4, -0.2) is 112 Å². The van der Waals surface area contributed by atoms with Crippen LogP contribution in [0, 0.1) is 17.8 Å².